The summed E-state index contributed by atoms with van der Waals surface area (Å²) in [5.41, 5.74) is 0. The first-order chi connectivity index (χ1) is 7.86. The van der Waals surface area contributed by atoms with Crippen LogP contribution in [0.4, 0.5) is 0 Å². The van der Waals surface area contributed by atoms with Gasteiger partial charge in [0.2, 0.25) is 5.91 Å². The summed E-state index contributed by atoms with van der Waals surface area (Å²) in [6.45, 7) is 4.98. The van der Waals surface area contributed by atoms with Crippen LogP contribution in [0, 0.1) is 0 Å². The second kappa shape index (κ2) is 6.21. The van der Waals surface area contributed by atoms with Crippen LogP contribution in [-0.4, -0.2) is 49.6 Å². The van der Waals surface area contributed by atoms with Crippen molar-refractivity contribution in [2.45, 2.75) is 38.1 Å². The molecule has 16 heavy (non-hydrogen) atoms. The highest BCUT2D eigenvalue weighted by atomic mass is 16.2. The molecule has 1 unspecified atom stereocenters. The first-order valence-corrected chi connectivity index (χ1v) is 6.58. The molecule has 2 aliphatic rings. The summed E-state index contributed by atoms with van der Waals surface area (Å²) in [5.74, 6) is 0.328. The zero-order valence-electron chi connectivity index (χ0n) is 10.0. The Balaban J connectivity index is 1.57. The minimum absolute atomic E-state index is 0.328. The summed E-state index contributed by atoms with van der Waals surface area (Å²) in [6.07, 6.45) is 5.52. The van der Waals surface area contributed by atoms with E-state index in [1.165, 1.54) is 25.7 Å². The highest BCUT2D eigenvalue weighted by Crippen LogP contribution is 2.08. The van der Waals surface area contributed by atoms with E-state index in [1.54, 1.807) is 0 Å². The normalized spacial score (nSPS) is 26.0. The van der Waals surface area contributed by atoms with E-state index in [0.29, 0.717) is 18.4 Å². The lowest BCUT2D eigenvalue weighted by atomic mass is 10.1. The van der Waals surface area contributed by atoms with E-state index in [1.807, 2.05) is 4.90 Å². The lowest BCUT2D eigenvalue weighted by molar-refractivity contribution is -0.130. The fraction of sp³-hybridized carbons (Fsp3) is 0.917. The van der Waals surface area contributed by atoms with Crippen molar-refractivity contribution in [2.75, 3.05) is 32.7 Å². The van der Waals surface area contributed by atoms with Crippen LogP contribution in [0.25, 0.3) is 0 Å². The van der Waals surface area contributed by atoms with Crippen LogP contribution < -0.4 is 10.6 Å². The Hall–Kier alpha value is -0.610. The molecule has 2 rings (SSSR count). The van der Waals surface area contributed by atoms with Gasteiger partial charge in [-0.2, -0.15) is 0 Å². The minimum atomic E-state index is 0.328. The summed E-state index contributed by atoms with van der Waals surface area (Å²) in [6, 6.07) is 0.570. The molecule has 4 heteroatoms. The van der Waals surface area contributed by atoms with Crippen LogP contribution in [-0.2, 0) is 4.79 Å². The SMILES string of the molecule is O=C(CCNC1CCCNC1)N1CCCC1. The van der Waals surface area contributed by atoms with Crippen LogP contribution >= 0.6 is 0 Å². The second-order valence-electron chi connectivity index (χ2n) is 4.84. The van der Waals surface area contributed by atoms with Crippen molar-refractivity contribution in [2.24, 2.45) is 0 Å². The monoisotopic (exact) mass is 225 g/mol. The lowest BCUT2D eigenvalue weighted by Gasteiger charge is -2.24. The van der Waals surface area contributed by atoms with Crippen LogP contribution in [0.2, 0.25) is 0 Å². The number of hydrogen-bond donors (Lipinski definition) is 2. The fourth-order valence-electron chi connectivity index (χ4n) is 2.53. The molecule has 0 saturated carbocycles. The predicted octanol–water partition coefficient (Wildman–Crippen LogP) is 0.341. The fourth-order valence-corrected chi connectivity index (χ4v) is 2.53. The van der Waals surface area contributed by atoms with Crippen LogP contribution in [0.5, 0.6) is 0 Å². The van der Waals surface area contributed by atoms with E-state index in [9.17, 15) is 4.79 Å². The molecule has 0 aliphatic carbocycles. The average Bonchev–Trinajstić information content (AvgIpc) is 2.84. The maximum absolute atomic E-state index is 11.8. The molecule has 0 aromatic carbocycles. The van der Waals surface area contributed by atoms with Crippen molar-refractivity contribution in [1.82, 2.24) is 15.5 Å². The zero-order valence-corrected chi connectivity index (χ0v) is 10.0. The first kappa shape index (κ1) is 11.9. The largest absolute Gasteiger partial charge is 0.343 e. The Morgan fingerprint density at radius 3 is 2.81 bits per heavy atom. The average molecular weight is 225 g/mol. The molecule has 4 nitrogen and oxygen atoms in total. The topological polar surface area (TPSA) is 44.4 Å². The van der Waals surface area contributed by atoms with Crippen molar-refractivity contribution >= 4 is 5.91 Å². The maximum Gasteiger partial charge on any atom is 0.223 e. The lowest BCUT2D eigenvalue weighted by Crippen LogP contribution is -2.44. The number of amides is 1. The molecular formula is C12H23N3O. The molecule has 0 radical (unpaired) electrons. The highest BCUT2D eigenvalue weighted by molar-refractivity contribution is 5.76. The summed E-state index contributed by atoms with van der Waals surface area (Å²) in [4.78, 5) is 13.8. The third kappa shape index (κ3) is 3.46. The van der Waals surface area contributed by atoms with E-state index in [2.05, 4.69) is 10.6 Å². The van der Waals surface area contributed by atoms with Crippen LogP contribution in [0.1, 0.15) is 32.1 Å². The predicted molar refractivity (Wildman–Crippen MR) is 64.3 cm³/mol. The Morgan fingerprint density at radius 2 is 2.12 bits per heavy atom. The van der Waals surface area contributed by atoms with Crippen LogP contribution in [0.15, 0.2) is 0 Å². The number of hydrogen-bond acceptors (Lipinski definition) is 3. The Kier molecular flexibility index (Phi) is 4.60. The third-order valence-electron chi connectivity index (χ3n) is 3.53. The third-order valence-corrected chi connectivity index (χ3v) is 3.53. The van der Waals surface area contributed by atoms with Gasteiger partial charge in [-0.05, 0) is 32.2 Å². The molecule has 2 aliphatic heterocycles. The molecule has 2 saturated heterocycles. The van der Waals surface area contributed by atoms with E-state index in [4.69, 9.17) is 0 Å². The minimum Gasteiger partial charge on any atom is -0.343 e. The van der Waals surface area contributed by atoms with Gasteiger partial charge < -0.3 is 15.5 Å². The summed E-state index contributed by atoms with van der Waals surface area (Å²) in [5, 5.41) is 6.84. The number of carbonyl (C=O) groups is 1. The quantitative estimate of drug-likeness (QED) is 0.725. The van der Waals surface area contributed by atoms with Gasteiger partial charge in [-0.3, -0.25) is 4.79 Å². The molecule has 1 amide bonds. The van der Waals surface area contributed by atoms with Crippen molar-refractivity contribution in [3.63, 3.8) is 0 Å². The van der Waals surface area contributed by atoms with Gasteiger partial charge in [0.1, 0.15) is 0 Å². The number of rotatable bonds is 4. The second-order valence-corrected chi connectivity index (χ2v) is 4.84. The van der Waals surface area contributed by atoms with Gasteiger partial charge in [0.05, 0.1) is 0 Å². The van der Waals surface area contributed by atoms with Gasteiger partial charge in [0.25, 0.3) is 0 Å². The van der Waals surface area contributed by atoms with E-state index < -0.39 is 0 Å². The van der Waals surface area contributed by atoms with Crippen molar-refractivity contribution < 1.29 is 4.79 Å². The molecule has 2 N–H and O–H groups in total. The molecule has 0 aromatic rings. The first-order valence-electron chi connectivity index (χ1n) is 6.58. The van der Waals surface area contributed by atoms with Gasteiger partial charge >= 0.3 is 0 Å². The van der Waals surface area contributed by atoms with Gasteiger partial charge in [-0.1, -0.05) is 0 Å². The molecule has 0 aromatic heterocycles. The number of piperidine rings is 1. The van der Waals surface area contributed by atoms with Gasteiger partial charge in [-0.25, -0.2) is 0 Å². The van der Waals surface area contributed by atoms with Gasteiger partial charge in [0, 0.05) is 38.6 Å². The molecule has 0 bridgehead atoms. The highest BCUT2D eigenvalue weighted by Gasteiger charge is 2.18. The standard InChI is InChI=1S/C12H23N3O/c16-12(15-8-1-2-9-15)5-7-14-11-4-3-6-13-10-11/h11,13-14H,1-10H2. The molecule has 0 spiro atoms. The number of nitrogens with zero attached hydrogens (tertiary/aromatic N) is 1. The summed E-state index contributed by atoms with van der Waals surface area (Å²) < 4.78 is 0. The Morgan fingerprint density at radius 1 is 1.31 bits per heavy atom. The maximum atomic E-state index is 11.8. The number of nitrogens with one attached hydrogen (secondary N) is 2. The van der Waals surface area contributed by atoms with Crippen molar-refractivity contribution in [3.8, 4) is 0 Å². The van der Waals surface area contributed by atoms with Crippen LogP contribution in [0.3, 0.4) is 0 Å². The smallest absolute Gasteiger partial charge is 0.223 e. The number of likely N-dealkylation sites (tertiary alicyclic amines) is 1. The van der Waals surface area contributed by atoms with Gasteiger partial charge in [0.15, 0.2) is 0 Å². The summed E-state index contributed by atoms with van der Waals surface area (Å²) >= 11 is 0. The van der Waals surface area contributed by atoms with E-state index in [0.717, 1.165) is 32.7 Å². The van der Waals surface area contributed by atoms with Crippen molar-refractivity contribution in [3.05, 3.63) is 0 Å². The van der Waals surface area contributed by atoms with Crippen molar-refractivity contribution in [1.29, 1.82) is 0 Å². The molecule has 92 valence electrons. The Labute approximate surface area is 97.8 Å². The molecule has 2 fully saturated rings. The van der Waals surface area contributed by atoms with E-state index in [-0.39, 0.29) is 0 Å². The van der Waals surface area contributed by atoms with E-state index >= 15 is 0 Å². The summed E-state index contributed by atoms with van der Waals surface area (Å²) in [7, 11) is 0. The zero-order chi connectivity index (χ0) is 11.2. The molecular weight excluding hydrogens is 202 g/mol. The van der Waals surface area contributed by atoms with Gasteiger partial charge in [-0.15, -0.1) is 0 Å². The Bertz CT molecular complexity index is 220. The molecule has 1 atom stereocenters. The number of carbonyl (C=O) groups excluding carboxylic acids is 1. The molecule has 2 heterocycles.